The van der Waals surface area contributed by atoms with Crippen LogP contribution in [0, 0.1) is 0 Å². The molecule has 0 atom stereocenters. The predicted octanol–water partition coefficient (Wildman–Crippen LogP) is 5.16. The second kappa shape index (κ2) is 9.24. The highest BCUT2D eigenvalue weighted by molar-refractivity contribution is 9.10. The van der Waals surface area contributed by atoms with Crippen molar-refractivity contribution >= 4 is 51.4 Å². The molecule has 0 fully saturated rings. The molecule has 1 aliphatic rings. The van der Waals surface area contributed by atoms with E-state index in [0.29, 0.717) is 23.5 Å². The molecular formula is C21H17BrClNO5. The molecule has 0 saturated carbocycles. The SMILES string of the molecule is CCOc1cc(/C=C2\N=C(c3ccccc3Br)OC2=O)cc(Cl)c1OC(=O)CC. The molecule has 0 spiro atoms. The minimum absolute atomic E-state index is 0.118. The number of cyclic esters (lactones) is 1. The second-order valence-corrected chi connectivity index (χ2v) is 7.17. The van der Waals surface area contributed by atoms with Crippen LogP contribution >= 0.6 is 27.5 Å². The minimum Gasteiger partial charge on any atom is -0.490 e. The predicted molar refractivity (Wildman–Crippen MR) is 113 cm³/mol. The fourth-order valence-corrected chi connectivity index (χ4v) is 3.25. The van der Waals surface area contributed by atoms with Crippen molar-refractivity contribution in [1.29, 1.82) is 0 Å². The van der Waals surface area contributed by atoms with Gasteiger partial charge in [0.2, 0.25) is 5.90 Å². The summed E-state index contributed by atoms with van der Waals surface area (Å²) in [5.41, 5.74) is 1.34. The molecule has 0 saturated heterocycles. The van der Waals surface area contributed by atoms with Gasteiger partial charge in [0.05, 0.1) is 17.2 Å². The second-order valence-electron chi connectivity index (χ2n) is 5.91. The fraction of sp³-hybridized carbons (Fsp3) is 0.190. The summed E-state index contributed by atoms with van der Waals surface area (Å²) in [7, 11) is 0. The molecule has 1 aliphatic heterocycles. The van der Waals surface area contributed by atoms with Gasteiger partial charge in [-0.05, 0) is 58.8 Å². The number of rotatable bonds is 6. The number of hydrogen-bond donors (Lipinski definition) is 0. The maximum atomic E-state index is 12.3. The lowest BCUT2D eigenvalue weighted by atomic mass is 10.1. The summed E-state index contributed by atoms with van der Waals surface area (Å²) in [4.78, 5) is 28.2. The Morgan fingerprint density at radius 2 is 2.03 bits per heavy atom. The van der Waals surface area contributed by atoms with Crippen LogP contribution in [-0.4, -0.2) is 24.4 Å². The molecule has 0 N–H and O–H groups in total. The Hall–Kier alpha value is -2.64. The zero-order valence-electron chi connectivity index (χ0n) is 15.7. The van der Waals surface area contributed by atoms with E-state index in [4.69, 9.17) is 25.8 Å². The van der Waals surface area contributed by atoms with E-state index in [9.17, 15) is 9.59 Å². The van der Waals surface area contributed by atoms with Crippen molar-refractivity contribution in [2.24, 2.45) is 4.99 Å². The van der Waals surface area contributed by atoms with Crippen LogP contribution in [0.5, 0.6) is 11.5 Å². The van der Waals surface area contributed by atoms with Crippen LogP contribution in [-0.2, 0) is 14.3 Å². The average molecular weight is 479 g/mol. The Kier molecular flexibility index (Phi) is 6.71. The van der Waals surface area contributed by atoms with E-state index in [0.717, 1.165) is 4.47 Å². The van der Waals surface area contributed by atoms with E-state index < -0.39 is 11.9 Å². The van der Waals surface area contributed by atoms with E-state index in [1.54, 1.807) is 32.0 Å². The first-order valence-corrected chi connectivity index (χ1v) is 10.0. The first kappa shape index (κ1) is 21.1. The summed E-state index contributed by atoms with van der Waals surface area (Å²) < 4.78 is 16.9. The van der Waals surface area contributed by atoms with Crippen LogP contribution in [0.4, 0.5) is 0 Å². The standard InChI is InChI=1S/C21H17BrClNO5/c1-3-18(25)28-19-15(23)9-12(11-17(19)27-4-2)10-16-21(26)29-20(24-16)13-7-5-6-8-14(13)22/h5-11H,3-4H2,1-2H3/b16-10-. The number of halogens is 2. The zero-order valence-corrected chi connectivity index (χ0v) is 18.0. The molecule has 0 radical (unpaired) electrons. The summed E-state index contributed by atoms with van der Waals surface area (Å²) in [6, 6.07) is 10.5. The van der Waals surface area contributed by atoms with Gasteiger partial charge >= 0.3 is 11.9 Å². The van der Waals surface area contributed by atoms with Gasteiger partial charge in [-0.2, -0.15) is 0 Å². The summed E-state index contributed by atoms with van der Waals surface area (Å²) in [5.74, 6) is -0.352. The number of aliphatic imine (C=N–C) groups is 1. The van der Waals surface area contributed by atoms with Crippen LogP contribution in [0.1, 0.15) is 31.4 Å². The summed E-state index contributed by atoms with van der Waals surface area (Å²) in [5, 5.41) is 0.186. The van der Waals surface area contributed by atoms with Crippen molar-refractivity contribution in [3.8, 4) is 11.5 Å². The Balaban J connectivity index is 1.98. The molecule has 2 aromatic carbocycles. The van der Waals surface area contributed by atoms with Crippen molar-refractivity contribution in [3.05, 3.63) is 62.7 Å². The lowest BCUT2D eigenvalue weighted by Gasteiger charge is -2.13. The third-order valence-electron chi connectivity index (χ3n) is 3.86. The van der Waals surface area contributed by atoms with Gasteiger partial charge in [-0.15, -0.1) is 0 Å². The topological polar surface area (TPSA) is 74.2 Å². The Morgan fingerprint density at radius 1 is 1.28 bits per heavy atom. The molecular weight excluding hydrogens is 462 g/mol. The quantitative estimate of drug-likeness (QED) is 0.326. The van der Waals surface area contributed by atoms with Gasteiger partial charge < -0.3 is 14.2 Å². The monoisotopic (exact) mass is 477 g/mol. The Labute approximate surface area is 181 Å². The molecule has 3 rings (SSSR count). The fourth-order valence-electron chi connectivity index (χ4n) is 2.54. The molecule has 29 heavy (non-hydrogen) atoms. The number of benzene rings is 2. The number of nitrogens with zero attached hydrogens (tertiary/aromatic N) is 1. The lowest BCUT2D eigenvalue weighted by Crippen LogP contribution is -2.08. The van der Waals surface area contributed by atoms with Gasteiger partial charge in [0.25, 0.3) is 0 Å². The van der Waals surface area contributed by atoms with Crippen molar-refractivity contribution in [1.82, 2.24) is 0 Å². The van der Waals surface area contributed by atoms with E-state index in [1.165, 1.54) is 6.08 Å². The van der Waals surface area contributed by atoms with Gasteiger partial charge in [0.15, 0.2) is 17.2 Å². The van der Waals surface area contributed by atoms with Crippen LogP contribution < -0.4 is 9.47 Å². The van der Waals surface area contributed by atoms with Crippen molar-refractivity contribution in [2.45, 2.75) is 20.3 Å². The van der Waals surface area contributed by atoms with Crippen molar-refractivity contribution in [2.75, 3.05) is 6.61 Å². The summed E-state index contributed by atoms with van der Waals surface area (Å²) >= 11 is 9.71. The zero-order chi connectivity index (χ0) is 21.0. The van der Waals surface area contributed by atoms with E-state index in [2.05, 4.69) is 20.9 Å². The maximum Gasteiger partial charge on any atom is 0.363 e. The van der Waals surface area contributed by atoms with Gasteiger partial charge in [0.1, 0.15) is 0 Å². The molecule has 0 unspecified atom stereocenters. The minimum atomic E-state index is -0.577. The molecule has 1 heterocycles. The number of esters is 2. The Bertz CT molecular complexity index is 1030. The molecule has 150 valence electrons. The molecule has 0 aromatic heterocycles. The number of ether oxygens (including phenoxy) is 3. The van der Waals surface area contributed by atoms with E-state index >= 15 is 0 Å². The van der Waals surface area contributed by atoms with E-state index in [1.807, 2.05) is 18.2 Å². The molecule has 2 aromatic rings. The van der Waals surface area contributed by atoms with Crippen LogP contribution in [0.3, 0.4) is 0 Å². The van der Waals surface area contributed by atoms with Crippen molar-refractivity contribution < 1.29 is 23.8 Å². The van der Waals surface area contributed by atoms with E-state index in [-0.39, 0.29) is 28.8 Å². The molecule has 0 bridgehead atoms. The third kappa shape index (κ3) is 4.86. The van der Waals surface area contributed by atoms with Crippen molar-refractivity contribution in [3.63, 3.8) is 0 Å². The maximum absolute atomic E-state index is 12.3. The van der Waals surface area contributed by atoms with Gasteiger partial charge in [-0.25, -0.2) is 9.79 Å². The average Bonchev–Trinajstić information content (AvgIpc) is 3.05. The lowest BCUT2D eigenvalue weighted by molar-refractivity contribution is -0.134. The normalized spacial score (nSPS) is 14.6. The number of hydrogen-bond acceptors (Lipinski definition) is 6. The summed E-state index contributed by atoms with van der Waals surface area (Å²) in [6.07, 6.45) is 1.73. The van der Waals surface area contributed by atoms with Crippen LogP contribution in [0.2, 0.25) is 5.02 Å². The highest BCUT2D eigenvalue weighted by Crippen LogP contribution is 2.38. The van der Waals surface area contributed by atoms with Crippen LogP contribution in [0.15, 0.2) is 51.6 Å². The third-order valence-corrected chi connectivity index (χ3v) is 4.84. The first-order chi connectivity index (χ1) is 13.9. The van der Waals surface area contributed by atoms with Gasteiger partial charge in [0, 0.05) is 10.9 Å². The first-order valence-electron chi connectivity index (χ1n) is 8.87. The smallest absolute Gasteiger partial charge is 0.363 e. The number of carbonyl (C=O) groups excluding carboxylic acids is 2. The molecule has 8 heteroatoms. The summed E-state index contributed by atoms with van der Waals surface area (Å²) in [6.45, 7) is 3.83. The largest absolute Gasteiger partial charge is 0.490 e. The molecule has 0 aliphatic carbocycles. The highest BCUT2D eigenvalue weighted by atomic mass is 79.9. The van der Waals surface area contributed by atoms with Gasteiger partial charge in [-0.1, -0.05) is 30.7 Å². The molecule has 0 amide bonds. The number of carbonyl (C=O) groups is 2. The van der Waals surface area contributed by atoms with Gasteiger partial charge in [-0.3, -0.25) is 4.79 Å². The Morgan fingerprint density at radius 3 is 2.72 bits per heavy atom. The highest BCUT2D eigenvalue weighted by Gasteiger charge is 2.26. The molecule has 6 nitrogen and oxygen atoms in total. The van der Waals surface area contributed by atoms with Crippen LogP contribution in [0.25, 0.3) is 6.08 Å².